The highest BCUT2D eigenvalue weighted by atomic mass is 16.6. The molecule has 1 saturated heterocycles. The highest BCUT2D eigenvalue weighted by Crippen LogP contribution is 2.38. The van der Waals surface area contributed by atoms with Crippen molar-refractivity contribution in [2.24, 2.45) is 0 Å². The molecule has 0 saturated carbocycles. The molecule has 0 aliphatic carbocycles. The van der Waals surface area contributed by atoms with Gasteiger partial charge in [0.25, 0.3) is 0 Å². The fourth-order valence-corrected chi connectivity index (χ4v) is 2.59. The molecule has 0 aromatic heterocycles. The Balaban J connectivity index is 2.27. The molecule has 2 heteroatoms. The Morgan fingerprint density at radius 2 is 1.73 bits per heavy atom. The van der Waals surface area contributed by atoms with Gasteiger partial charge in [-0.3, -0.25) is 0 Å². The summed E-state index contributed by atoms with van der Waals surface area (Å²) in [6, 6.07) is 0. The Hall–Kier alpha value is -0.860. The van der Waals surface area contributed by atoms with Gasteiger partial charge in [0.15, 0.2) is 0 Å². The van der Waals surface area contributed by atoms with Crippen molar-refractivity contribution in [1.82, 2.24) is 0 Å². The molecule has 2 nitrogen and oxygen atoms in total. The molecule has 0 aromatic carbocycles. The number of ether oxygens (including phenoxy) is 1. The summed E-state index contributed by atoms with van der Waals surface area (Å²) in [5.74, 6) is 0. The Labute approximate surface area is 137 Å². The van der Waals surface area contributed by atoms with Gasteiger partial charge < -0.3 is 9.84 Å². The van der Waals surface area contributed by atoms with E-state index in [4.69, 9.17) is 4.74 Å². The third kappa shape index (κ3) is 7.95. The van der Waals surface area contributed by atoms with E-state index in [0.717, 1.165) is 25.7 Å². The minimum absolute atomic E-state index is 0.0734. The first-order chi connectivity index (χ1) is 10.2. The second kappa shape index (κ2) is 8.69. The van der Waals surface area contributed by atoms with Crippen molar-refractivity contribution >= 4 is 0 Å². The van der Waals surface area contributed by atoms with E-state index in [9.17, 15) is 5.11 Å². The molecule has 126 valence electrons. The van der Waals surface area contributed by atoms with Crippen LogP contribution in [-0.4, -0.2) is 22.9 Å². The Bertz CT molecular complexity index is 437. The van der Waals surface area contributed by atoms with E-state index in [2.05, 4.69) is 53.7 Å². The van der Waals surface area contributed by atoms with Crippen LogP contribution in [-0.2, 0) is 4.74 Å². The highest BCUT2D eigenvalue weighted by molar-refractivity contribution is 5.08. The van der Waals surface area contributed by atoms with Gasteiger partial charge in [-0.05, 0) is 73.6 Å². The fraction of sp³-hybridized carbons (Fsp3) is 0.700. The zero-order valence-electron chi connectivity index (χ0n) is 15.3. The lowest BCUT2D eigenvalue weighted by Crippen LogP contribution is -2.04. The SMILES string of the molecule is CC(C)=CCC/C(C)=C/CC(O)/C=C(\C)CCC1OC1(C)C. The lowest BCUT2D eigenvalue weighted by Gasteiger charge is -2.07. The lowest BCUT2D eigenvalue weighted by molar-refractivity contribution is 0.225. The molecular formula is C20H34O2. The molecule has 1 rings (SSSR count). The third-order valence-corrected chi connectivity index (χ3v) is 4.24. The smallest absolute Gasteiger partial charge is 0.0892 e. The van der Waals surface area contributed by atoms with Crippen molar-refractivity contribution in [3.63, 3.8) is 0 Å². The Kier molecular flexibility index (Phi) is 7.58. The second-order valence-corrected chi connectivity index (χ2v) is 7.44. The largest absolute Gasteiger partial charge is 0.389 e. The van der Waals surface area contributed by atoms with Gasteiger partial charge in [0, 0.05) is 0 Å². The number of hydrogen-bond acceptors (Lipinski definition) is 2. The normalized spacial score (nSPS) is 22.4. The van der Waals surface area contributed by atoms with Crippen molar-refractivity contribution in [2.75, 3.05) is 0 Å². The van der Waals surface area contributed by atoms with E-state index in [1.165, 1.54) is 16.7 Å². The van der Waals surface area contributed by atoms with Crippen LogP contribution in [0.3, 0.4) is 0 Å². The fourth-order valence-electron chi connectivity index (χ4n) is 2.59. The first-order valence-electron chi connectivity index (χ1n) is 8.53. The van der Waals surface area contributed by atoms with Crippen molar-refractivity contribution in [1.29, 1.82) is 0 Å². The molecule has 0 amide bonds. The van der Waals surface area contributed by atoms with E-state index in [1.807, 2.05) is 6.08 Å². The summed E-state index contributed by atoms with van der Waals surface area (Å²) in [4.78, 5) is 0. The molecule has 0 bridgehead atoms. The molecule has 1 N–H and O–H groups in total. The number of hydrogen-bond donors (Lipinski definition) is 1. The molecule has 1 heterocycles. The van der Waals surface area contributed by atoms with Crippen molar-refractivity contribution in [3.8, 4) is 0 Å². The summed E-state index contributed by atoms with van der Waals surface area (Å²) in [6.07, 6.45) is 11.4. The first kappa shape index (κ1) is 19.2. The van der Waals surface area contributed by atoms with E-state index < -0.39 is 0 Å². The summed E-state index contributed by atoms with van der Waals surface area (Å²) in [5, 5.41) is 10.1. The summed E-state index contributed by atoms with van der Waals surface area (Å²) in [7, 11) is 0. The number of aliphatic hydroxyl groups excluding tert-OH is 1. The minimum Gasteiger partial charge on any atom is -0.389 e. The first-order valence-corrected chi connectivity index (χ1v) is 8.53. The van der Waals surface area contributed by atoms with Gasteiger partial charge >= 0.3 is 0 Å². The average Bonchev–Trinajstić information content (AvgIpc) is 3.01. The van der Waals surface area contributed by atoms with Gasteiger partial charge in [0.2, 0.25) is 0 Å². The molecule has 0 aromatic rings. The number of allylic oxidation sites excluding steroid dienone is 4. The number of rotatable bonds is 9. The zero-order valence-corrected chi connectivity index (χ0v) is 15.3. The predicted octanol–water partition coefficient (Wildman–Crippen LogP) is 5.33. The van der Waals surface area contributed by atoms with Crippen LogP contribution < -0.4 is 0 Å². The van der Waals surface area contributed by atoms with Gasteiger partial charge in [0.1, 0.15) is 0 Å². The molecule has 22 heavy (non-hydrogen) atoms. The minimum atomic E-state index is -0.369. The Morgan fingerprint density at radius 3 is 2.27 bits per heavy atom. The van der Waals surface area contributed by atoms with Crippen LogP contribution in [0, 0.1) is 0 Å². The van der Waals surface area contributed by atoms with Crippen LogP contribution in [0.5, 0.6) is 0 Å². The monoisotopic (exact) mass is 306 g/mol. The van der Waals surface area contributed by atoms with Crippen LogP contribution >= 0.6 is 0 Å². The topological polar surface area (TPSA) is 32.8 Å². The van der Waals surface area contributed by atoms with Crippen LogP contribution in [0.15, 0.2) is 34.9 Å². The van der Waals surface area contributed by atoms with E-state index in [0.29, 0.717) is 12.5 Å². The van der Waals surface area contributed by atoms with Gasteiger partial charge in [-0.15, -0.1) is 0 Å². The average molecular weight is 306 g/mol. The molecule has 1 aliphatic rings. The van der Waals surface area contributed by atoms with Crippen LogP contribution in [0.25, 0.3) is 0 Å². The van der Waals surface area contributed by atoms with Crippen LogP contribution in [0.1, 0.15) is 73.6 Å². The molecule has 2 atom stereocenters. The summed E-state index contributed by atoms with van der Waals surface area (Å²) in [5.41, 5.74) is 4.06. The Morgan fingerprint density at radius 1 is 1.09 bits per heavy atom. The summed E-state index contributed by atoms with van der Waals surface area (Å²) >= 11 is 0. The second-order valence-electron chi connectivity index (χ2n) is 7.44. The maximum atomic E-state index is 10.1. The highest BCUT2D eigenvalue weighted by Gasteiger charge is 2.46. The maximum absolute atomic E-state index is 10.1. The standard InChI is InChI=1S/C20H34O2/c1-15(2)8-7-9-16(3)10-12-18(21)14-17(4)11-13-19-20(5,6)22-19/h8,10,14,18-19,21H,7,9,11-13H2,1-6H3/b16-10+,17-14+. The van der Waals surface area contributed by atoms with Gasteiger partial charge in [-0.2, -0.15) is 0 Å². The lowest BCUT2D eigenvalue weighted by atomic mass is 10.0. The molecule has 0 radical (unpaired) electrons. The molecule has 2 unspecified atom stereocenters. The van der Waals surface area contributed by atoms with Crippen molar-refractivity contribution < 1.29 is 9.84 Å². The van der Waals surface area contributed by atoms with Crippen molar-refractivity contribution in [2.45, 2.75) is 91.5 Å². The zero-order chi connectivity index (χ0) is 16.8. The molecule has 1 aliphatic heterocycles. The van der Waals surface area contributed by atoms with Crippen LogP contribution in [0.2, 0.25) is 0 Å². The van der Waals surface area contributed by atoms with Crippen LogP contribution in [0.4, 0.5) is 0 Å². The number of epoxide rings is 1. The maximum Gasteiger partial charge on any atom is 0.0892 e. The summed E-state index contributed by atoms with van der Waals surface area (Å²) < 4.78 is 5.59. The molecule has 0 spiro atoms. The third-order valence-electron chi connectivity index (χ3n) is 4.24. The van der Waals surface area contributed by atoms with Crippen molar-refractivity contribution in [3.05, 3.63) is 34.9 Å². The van der Waals surface area contributed by atoms with E-state index in [-0.39, 0.29) is 11.7 Å². The summed E-state index contributed by atoms with van der Waals surface area (Å²) in [6.45, 7) is 12.8. The van der Waals surface area contributed by atoms with E-state index in [1.54, 1.807) is 0 Å². The molecular weight excluding hydrogens is 272 g/mol. The van der Waals surface area contributed by atoms with E-state index >= 15 is 0 Å². The molecule has 1 fully saturated rings. The van der Waals surface area contributed by atoms with Gasteiger partial charge in [-0.25, -0.2) is 0 Å². The number of aliphatic hydroxyl groups is 1. The van der Waals surface area contributed by atoms with Gasteiger partial charge in [-0.1, -0.05) is 34.9 Å². The predicted molar refractivity (Wildman–Crippen MR) is 95.0 cm³/mol. The quantitative estimate of drug-likeness (QED) is 0.461. The van der Waals surface area contributed by atoms with Gasteiger partial charge in [0.05, 0.1) is 17.8 Å².